The van der Waals surface area contributed by atoms with Crippen molar-refractivity contribution in [3.63, 3.8) is 0 Å². The number of anilines is 1. The van der Waals surface area contributed by atoms with Gasteiger partial charge >= 0.3 is 0 Å². The molecule has 18 heavy (non-hydrogen) atoms. The highest BCUT2D eigenvalue weighted by molar-refractivity contribution is 5.38. The molecule has 0 spiro atoms. The second-order valence-electron chi connectivity index (χ2n) is 5.78. The molecule has 1 aliphatic heterocycles. The van der Waals surface area contributed by atoms with Crippen LogP contribution in [0.3, 0.4) is 0 Å². The van der Waals surface area contributed by atoms with Crippen LogP contribution in [-0.4, -0.2) is 29.7 Å². The highest BCUT2D eigenvalue weighted by Crippen LogP contribution is 2.17. The van der Waals surface area contributed by atoms with Gasteiger partial charge in [0.05, 0.1) is 5.60 Å². The molecule has 0 bridgehead atoms. The van der Waals surface area contributed by atoms with Crippen molar-refractivity contribution in [1.82, 2.24) is 10.5 Å². The van der Waals surface area contributed by atoms with E-state index in [0.29, 0.717) is 6.04 Å². The van der Waals surface area contributed by atoms with Crippen molar-refractivity contribution in [3.05, 3.63) is 24.4 Å². The Morgan fingerprint density at radius 3 is 2.56 bits per heavy atom. The summed E-state index contributed by atoms with van der Waals surface area (Å²) in [6, 6.07) is 6.51. The lowest BCUT2D eigenvalue weighted by Gasteiger charge is -2.34. The van der Waals surface area contributed by atoms with E-state index in [1.54, 1.807) is 0 Å². The van der Waals surface area contributed by atoms with Gasteiger partial charge in [0.2, 0.25) is 0 Å². The van der Waals surface area contributed by atoms with E-state index in [2.05, 4.69) is 42.2 Å². The maximum atomic E-state index is 5.63. The van der Waals surface area contributed by atoms with Gasteiger partial charge in [0.1, 0.15) is 5.82 Å². The largest absolute Gasteiger partial charge is 0.357 e. The molecule has 0 atom stereocenters. The van der Waals surface area contributed by atoms with Gasteiger partial charge in [-0.3, -0.25) is 4.84 Å². The molecule has 4 nitrogen and oxygen atoms in total. The van der Waals surface area contributed by atoms with Gasteiger partial charge in [-0.25, -0.2) is 4.98 Å². The lowest BCUT2D eigenvalue weighted by Crippen LogP contribution is -2.45. The first-order chi connectivity index (χ1) is 8.54. The average molecular weight is 249 g/mol. The van der Waals surface area contributed by atoms with Gasteiger partial charge in [0, 0.05) is 25.3 Å². The number of piperidine rings is 1. The van der Waals surface area contributed by atoms with Gasteiger partial charge in [-0.2, -0.15) is 5.48 Å². The van der Waals surface area contributed by atoms with Crippen LogP contribution in [0.1, 0.15) is 33.6 Å². The molecule has 4 heteroatoms. The molecule has 0 radical (unpaired) electrons. The SMILES string of the molecule is CC(C)(C)ONC1CCN(c2ccccn2)CC1. The Hall–Kier alpha value is -1.13. The van der Waals surface area contributed by atoms with Gasteiger partial charge in [0.15, 0.2) is 0 Å². The maximum absolute atomic E-state index is 5.63. The Bertz CT molecular complexity index is 353. The molecule has 1 aliphatic rings. The van der Waals surface area contributed by atoms with Crippen molar-refractivity contribution in [2.24, 2.45) is 0 Å². The molecule has 2 rings (SSSR count). The molecule has 1 N–H and O–H groups in total. The fourth-order valence-corrected chi connectivity index (χ4v) is 2.03. The second-order valence-corrected chi connectivity index (χ2v) is 5.78. The molecule has 1 fully saturated rings. The van der Waals surface area contributed by atoms with Crippen LogP contribution in [0.2, 0.25) is 0 Å². The normalized spacial score (nSPS) is 18.1. The van der Waals surface area contributed by atoms with Crippen molar-refractivity contribution < 1.29 is 4.84 Å². The average Bonchev–Trinajstić information content (AvgIpc) is 2.37. The molecule has 2 heterocycles. The summed E-state index contributed by atoms with van der Waals surface area (Å²) in [6.45, 7) is 8.24. The molecule has 1 aromatic heterocycles. The Morgan fingerprint density at radius 2 is 2.00 bits per heavy atom. The molecule has 0 amide bonds. The maximum Gasteiger partial charge on any atom is 0.128 e. The molecule has 1 saturated heterocycles. The molecule has 0 aromatic carbocycles. The number of nitrogens with zero attached hydrogens (tertiary/aromatic N) is 2. The minimum Gasteiger partial charge on any atom is -0.357 e. The fourth-order valence-electron chi connectivity index (χ4n) is 2.03. The quantitative estimate of drug-likeness (QED) is 0.835. The predicted octanol–water partition coefficient (Wildman–Crippen LogP) is 2.37. The third kappa shape index (κ3) is 3.96. The first kappa shape index (κ1) is 13.3. The number of nitrogens with one attached hydrogen (secondary N) is 1. The van der Waals surface area contributed by atoms with Crippen molar-refractivity contribution >= 4 is 5.82 Å². The molecule has 0 unspecified atom stereocenters. The van der Waals surface area contributed by atoms with E-state index >= 15 is 0 Å². The van der Waals surface area contributed by atoms with Gasteiger partial charge < -0.3 is 4.90 Å². The Labute approximate surface area is 109 Å². The number of rotatable bonds is 3. The topological polar surface area (TPSA) is 37.4 Å². The molecule has 100 valence electrons. The lowest BCUT2D eigenvalue weighted by molar-refractivity contribution is -0.0910. The van der Waals surface area contributed by atoms with Crippen molar-refractivity contribution in [2.75, 3.05) is 18.0 Å². The predicted molar refractivity (Wildman–Crippen MR) is 73.4 cm³/mol. The summed E-state index contributed by atoms with van der Waals surface area (Å²) in [6.07, 6.45) is 4.03. The van der Waals surface area contributed by atoms with E-state index in [0.717, 1.165) is 31.7 Å². The van der Waals surface area contributed by atoms with E-state index in [1.165, 1.54) is 0 Å². The molecular formula is C14H23N3O. The summed E-state index contributed by atoms with van der Waals surface area (Å²) in [5.41, 5.74) is 3.06. The minimum absolute atomic E-state index is 0.127. The summed E-state index contributed by atoms with van der Waals surface area (Å²) in [5.74, 6) is 1.08. The van der Waals surface area contributed by atoms with Crippen LogP contribution in [0, 0.1) is 0 Å². The summed E-state index contributed by atoms with van der Waals surface area (Å²) in [5, 5.41) is 0. The standard InChI is InChI=1S/C14H23N3O/c1-14(2,3)18-16-12-7-10-17(11-8-12)13-6-4-5-9-15-13/h4-6,9,12,16H,7-8,10-11H2,1-3H3. The number of aromatic nitrogens is 1. The van der Waals surface area contributed by atoms with Crippen LogP contribution in [0.4, 0.5) is 5.82 Å². The lowest BCUT2D eigenvalue weighted by atomic mass is 10.1. The van der Waals surface area contributed by atoms with Crippen LogP contribution < -0.4 is 10.4 Å². The van der Waals surface area contributed by atoms with E-state index in [4.69, 9.17) is 4.84 Å². The number of hydrogen-bond acceptors (Lipinski definition) is 4. The number of hydrogen-bond donors (Lipinski definition) is 1. The molecule has 1 aromatic rings. The van der Waals surface area contributed by atoms with E-state index in [9.17, 15) is 0 Å². The Kier molecular flexibility index (Phi) is 4.19. The van der Waals surface area contributed by atoms with Crippen LogP contribution in [-0.2, 0) is 4.84 Å². The van der Waals surface area contributed by atoms with Gasteiger partial charge in [-0.05, 0) is 45.7 Å². The molecular weight excluding hydrogens is 226 g/mol. The first-order valence-corrected chi connectivity index (χ1v) is 6.64. The zero-order valence-electron chi connectivity index (χ0n) is 11.5. The first-order valence-electron chi connectivity index (χ1n) is 6.64. The van der Waals surface area contributed by atoms with Gasteiger partial charge in [0.25, 0.3) is 0 Å². The highest BCUT2D eigenvalue weighted by Gasteiger charge is 2.21. The van der Waals surface area contributed by atoms with Gasteiger partial charge in [-0.1, -0.05) is 6.07 Å². The van der Waals surface area contributed by atoms with E-state index in [-0.39, 0.29) is 5.60 Å². The second kappa shape index (κ2) is 5.67. The molecule has 0 saturated carbocycles. The van der Waals surface area contributed by atoms with Gasteiger partial charge in [-0.15, -0.1) is 0 Å². The summed E-state index contributed by atoms with van der Waals surface area (Å²) in [7, 11) is 0. The van der Waals surface area contributed by atoms with Crippen molar-refractivity contribution in [2.45, 2.75) is 45.3 Å². The van der Waals surface area contributed by atoms with Crippen LogP contribution >= 0.6 is 0 Å². The van der Waals surface area contributed by atoms with Crippen LogP contribution in [0.25, 0.3) is 0 Å². The van der Waals surface area contributed by atoms with Crippen LogP contribution in [0.15, 0.2) is 24.4 Å². The zero-order valence-corrected chi connectivity index (χ0v) is 11.5. The summed E-state index contributed by atoms with van der Waals surface area (Å²) < 4.78 is 0. The Morgan fingerprint density at radius 1 is 1.28 bits per heavy atom. The minimum atomic E-state index is -0.127. The monoisotopic (exact) mass is 249 g/mol. The fraction of sp³-hybridized carbons (Fsp3) is 0.643. The van der Waals surface area contributed by atoms with Crippen LogP contribution in [0.5, 0.6) is 0 Å². The van der Waals surface area contributed by atoms with Crippen molar-refractivity contribution in [3.8, 4) is 0 Å². The van der Waals surface area contributed by atoms with E-state index in [1.807, 2.05) is 18.3 Å². The highest BCUT2D eigenvalue weighted by atomic mass is 16.7. The zero-order chi connectivity index (χ0) is 13.0. The number of hydroxylamine groups is 1. The smallest absolute Gasteiger partial charge is 0.128 e. The third-order valence-corrected chi connectivity index (χ3v) is 3.00. The molecule has 0 aliphatic carbocycles. The number of pyridine rings is 1. The summed E-state index contributed by atoms with van der Waals surface area (Å²) >= 11 is 0. The van der Waals surface area contributed by atoms with Crippen molar-refractivity contribution in [1.29, 1.82) is 0 Å². The third-order valence-electron chi connectivity index (χ3n) is 3.00. The Balaban J connectivity index is 1.78. The summed E-state index contributed by atoms with van der Waals surface area (Å²) in [4.78, 5) is 12.3. The van der Waals surface area contributed by atoms with E-state index < -0.39 is 0 Å².